The summed E-state index contributed by atoms with van der Waals surface area (Å²) < 4.78 is 2.73. The molecule has 2 aliphatic carbocycles. The molecule has 159 valence electrons. The zero-order valence-corrected chi connectivity index (χ0v) is 25.0. The standard InChI is InChI=1S/C16H21.C8H11.CH5Si.2ClH.Zr/c1-10(2)13-8-14-6-12(5)7-16(14)15(9-13)11(3)4;1-6-4-7(2)8(3)5-6;1-2;;;/h6-11H,1-5H3;4,6H,1-3H3;2H2,1H3;2*1H;/q;;;;;+2/p-2. The van der Waals surface area contributed by atoms with Gasteiger partial charge in [0.15, 0.2) is 0 Å². The fourth-order valence-electron chi connectivity index (χ4n) is 5.18. The van der Waals surface area contributed by atoms with E-state index in [-0.39, 0.29) is 31.5 Å². The fraction of sp³-hybridized carbons (Fsp3) is 0.520. The molecule has 29 heavy (non-hydrogen) atoms. The molecule has 0 nitrogen and oxygen atoms in total. The fourth-order valence-corrected chi connectivity index (χ4v) is 25.6. The van der Waals surface area contributed by atoms with Crippen LogP contribution in [0.2, 0.25) is 6.55 Å². The van der Waals surface area contributed by atoms with Gasteiger partial charge >= 0.3 is 177 Å². The molecule has 0 saturated heterocycles. The Balaban J connectivity index is 0.00000210. The first kappa shape index (κ1) is 27.2. The third kappa shape index (κ3) is 4.97. The minimum absolute atomic E-state index is 0. The van der Waals surface area contributed by atoms with E-state index in [4.69, 9.17) is 0 Å². The third-order valence-corrected chi connectivity index (χ3v) is 25.1. The van der Waals surface area contributed by atoms with E-state index < -0.39 is 20.9 Å². The summed E-state index contributed by atoms with van der Waals surface area (Å²) in [4.78, 5) is 0. The van der Waals surface area contributed by atoms with Crippen LogP contribution in [0, 0.1) is 5.92 Å². The minimum atomic E-state index is -1.69. The third-order valence-electron chi connectivity index (χ3n) is 6.72. The predicted octanol–water partition coefficient (Wildman–Crippen LogP) is 1.02. The van der Waals surface area contributed by atoms with Gasteiger partial charge in [0.2, 0.25) is 0 Å². The van der Waals surface area contributed by atoms with Gasteiger partial charge < -0.3 is 24.8 Å². The zero-order chi connectivity index (χ0) is 20.0. The summed E-state index contributed by atoms with van der Waals surface area (Å²) in [6, 6.07) is 5.10. The van der Waals surface area contributed by atoms with Crippen molar-refractivity contribution in [1.82, 2.24) is 0 Å². The molecule has 3 rings (SSSR count). The summed E-state index contributed by atoms with van der Waals surface area (Å²) in [7, 11) is 0. The van der Waals surface area contributed by atoms with Gasteiger partial charge in [-0.05, 0) is 0 Å². The van der Waals surface area contributed by atoms with Gasteiger partial charge in [-0.2, -0.15) is 0 Å². The average molecular weight is 528 g/mol. The van der Waals surface area contributed by atoms with E-state index in [1.165, 1.54) is 0 Å². The van der Waals surface area contributed by atoms with E-state index in [1.807, 2.05) is 3.28 Å². The van der Waals surface area contributed by atoms with E-state index in [0.29, 0.717) is 17.8 Å². The summed E-state index contributed by atoms with van der Waals surface area (Å²) in [6.07, 6.45) is 5.11. The predicted molar refractivity (Wildman–Crippen MR) is 121 cm³/mol. The molecule has 2 atom stereocenters. The SMILES string of the molecule is C[SiH2][Zr+2]([C]1=C(C)C(C)=CC1C)[CH]1C(C)=Cc2c(C(C)C)cc(C(C)C)cc21.[Cl-].[Cl-]. The van der Waals surface area contributed by atoms with Gasteiger partial charge in [0, 0.05) is 0 Å². The van der Waals surface area contributed by atoms with E-state index >= 15 is 0 Å². The van der Waals surface area contributed by atoms with E-state index in [2.05, 4.69) is 86.2 Å². The van der Waals surface area contributed by atoms with E-state index in [1.54, 1.807) is 39.0 Å². The molecular formula is C25H37Cl2SiZr. The van der Waals surface area contributed by atoms with Crippen molar-refractivity contribution in [2.75, 3.05) is 0 Å². The Labute approximate surface area is 201 Å². The Morgan fingerprint density at radius 3 is 2.03 bits per heavy atom. The van der Waals surface area contributed by atoms with Gasteiger partial charge in [-0.15, -0.1) is 0 Å². The summed E-state index contributed by atoms with van der Waals surface area (Å²) in [5.41, 5.74) is 11.3. The normalized spacial score (nSPS) is 20.8. The van der Waals surface area contributed by atoms with Crippen molar-refractivity contribution in [2.24, 2.45) is 5.92 Å². The van der Waals surface area contributed by atoms with Crippen molar-refractivity contribution in [3.63, 3.8) is 0 Å². The minimum Gasteiger partial charge on any atom is -1.00 e. The molecule has 1 aromatic rings. The van der Waals surface area contributed by atoms with Crippen LogP contribution in [0.15, 0.2) is 38.2 Å². The maximum atomic E-state index is 2.61. The van der Waals surface area contributed by atoms with Crippen LogP contribution in [0.1, 0.15) is 93.1 Å². The molecule has 2 aliphatic rings. The van der Waals surface area contributed by atoms with Crippen LogP contribution in [-0.4, -0.2) is 6.65 Å². The molecule has 0 aliphatic heterocycles. The molecule has 0 radical (unpaired) electrons. The van der Waals surface area contributed by atoms with Gasteiger partial charge in [-0.25, -0.2) is 0 Å². The molecule has 1 aromatic carbocycles. The van der Waals surface area contributed by atoms with Crippen molar-refractivity contribution in [3.05, 3.63) is 60.5 Å². The maximum Gasteiger partial charge on any atom is -1.00 e. The smallest absolute Gasteiger partial charge is 1.00 e. The van der Waals surface area contributed by atoms with Gasteiger partial charge in [-0.3, -0.25) is 0 Å². The average Bonchev–Trinajstić information content (AvgIpc) is 3.05. The van der Waals surface area contributed by atoms with Crippen LogP contribution in [0.3, 0.4) is 0 Å². The molecule has 0 fully saturated rings. The first-order valence-electron chi connectivity index (χ1n) is 10.8. The number of halogens is 2. The maximum absolute atomic E-state index is 2.61. The summed E-state index contributed by atoms with van der Waals surface area (Å²) >= 11 is -1.69. The van der Waals surface area contributed by atoms with Crippen molar-refractivity contribution < 1.29 is 45.7 Å². The van der Waals surface area contributed by atoms with Crippen molar-refractivity contribution in [3.8, 4) is 0 Å². The van der Waals surface area contributed by atoms with Gasteiger partial charge in [0.1, 0.15) is 0 Å². The van der Waals surface area contributed by atoms with Gasteiger partial charge in [0.05, 0.1) is 0 Å². The Hall–Kier alpha value is 0.120. The topological polar surface area (TPSA) is 0 Å². The second-order valence-electron chi connectivity index (χ2n) is 9.30. The van der Waals surface area contributed by atoms with E-state index in [0.717, 1.165) is 3.63 Å². The van der Waals surface area contributed by atoms with Crippen LogP contribution < -0.4 is 24.8 Å². The van der Waals surface area contributed by atoms with Crippen LogP contribution >= 0.6 is 0 Å². The summed E-state index contributed by atoms with van der Waals surface area (Å²) in [5, 5.41) is 0. The first-order chi connectivity index (χ1) is 12.7. The molecule has 0 N–H and O–H groups in total. The molecule has 0 aromatic heterocycles. The molecule has 0 spiro atoms. The Kier molecular flexibility index (Phi) is 9.95. The number of rotatable bonds is 5. The molecule has 4 heteroatoms. The number of allylic oxidation sites excluding steroid dienone is 5. The second kappa shape index (κ2) is 10.6. The van der Waals surface area contributed by atoms with Crippen LogP contribution in [0.4, 0.5) is 0 Å². The van der Waals surface area contributed by atoms with Crippen LogP contribution in [0.5, 0.6) is 0 Å². The molecule has 0 saturated carbocycles. The molecular weight excluding hydrogens is 490 g/mol. The van der Waals surface area contributed by atoms with E-state index in [9.17, 15) is 0 Å². The largest absolute Gasteiger partial charge is 1.00 e. The Bertz CT molecular complexity index is 849. The summed E-state index contributed by atoms with van der Waals surface area (Å²) in [6.45, 7) is 21.7. The number of hydrogen-bond acceptors (Lipinski definition) is 0. The van der Waals surface area contributed by atoms with Crippen LogP contribution in [-0.2, 0) is 20.9 Å². The summed E-state index contributed by atoms with van der Waals surface area (Å²) in [5.74, 6) is 1.90. The molecule has 2 unspecified atom stereocenters. The number of fused-ring (bicyclic) bond motifs is 1. The molecule has 0 amide bonds. The monoisotopic (exact) mass is 525 g/mol. The van der Waals surface area contributed by atoms with Crippen molar-refractivity contribution >= 4 is 12.7 Å². The van der Waals surface area contributed by atoms with Crippen molar-refractivity contribution in [1.29, 1.82) is 0 Å². The molecule has 0 bridgehead atoms. The quantitative estimate of drug-likeness (QED) is 0.502. The first-order valence-corrected chi connectivity index (χ1v) is 20.8. The molecule has 0 heterocycles. The van der Waals surface area contributed by atoms with Gasteiger partial charge in [0.25, 0.3) is 0 Å². The van der Waals surface area contributed by atoms with Gasteiger partial charge in [-0.1, -0.05) is 0 Å². The number of hydrogen-bond donors (Lipinski definition) is 0. The number of benzene rings is 1. The van der Waals surface area contributed by atoms with Crippen molar-refractivity contribution in [2.45, 2.75) is 77.4 Å². The second-order valence-corrected chi connectivity index (χ2v) is 25.1. The Morgan fingerprint density at radius 1 is 0.966 bits per heavy atom. The zero-order valence-electron chi connectivity index (χ0n) is 19.6. The Morgan fingerprint density at radius 2 is 1.59 bits per heavy atom. The van der Waals surface area contributed by atoms with Crippen LogP contribution in [0.25, 0.3) is 6.08 Å².